The number of hydrogen-bond acceptors (Lipinski definition) is 4. The van der Waals surface area contributed by atoms with Crippen LogP contribution in [0.3, 0.4) is 0 Å². The lowest BCUT2D eigenvalue weighted by molar-refractivity contribution is -0.155. The summed E-state index contributed by atoms with van der Waals surface area (Å²) in [6.07, 6.45) is 0.191. The van der Waals surface area contributed by atoms with Crippen molar-refractivity contribution in [2.75, 3.05) is 0 Å². The highest BCUT2D eigenvalue weighted by Gasteiger charge is 2.18. The first-order chi connectivity index (χ1) is 6.22. The molecule has 14 heavy (non-hydrogen) atoms. The molecule has 1 atom stereocenters. The summed E-state index contributed by atoms with van der Waals surface area (Å²) in [5.74, 6) is -0.574. The third kappa shape index (κ3) is 7.03. The van der Waals surface area contributed by atoms with Crippen molar-refractivity contribution in [3.8, 4) is 0 Å². The second kappa shape index (κ2) is 5.46. The number of ketones is 1. The van der Waals surface area contributed by atoms with Gasteiger partial charge in [-0.05, 0) is 20.8 Å². The molecule has 0 saturated carbocycles. The van der Waals surface area contributed by atoms with Crippen molar-refractivity contribution in [3.05, 3.63) is 0 Å². The molecule has 0 aromatic heterocycles. The average molecular weight is 266 g/mol. The Kier molecular flexibility index (Phi) is 5.29. The van der Waals surface area contributed by atoms with Crippen LogP contribution in [0.4, 0.5) is 0 Å². The second-order valence-corrected chi connectivity index (χ2v) is 4.94. The van der Waals surface area contributed by atoms with E-state index < -0.39 is 10.6 Å². The molecule has 82 valence electrons. The summed E-state index contributed by atoms with van der Waals surface area (Å²) in [6, 6.07) is 0. The Balaban J connectivity index is 3.81. The van der Waals surface area contributed by atoms with Crippen LogP contribution in [-0.2, 0) is 14.3 Å². The summed E-state index contributed by atoms with van der Waals surface area (Å²) < 4.78 is 5.02. The molecule has 0 aromatic carbocycles. The van der Waals surface area contributed by atoms with E-state index in [1.54, 1.807) is 20.8 Å². The summed E-state index contributed by atoms with van der Waals surface area (Å²) in [7, 11) is 0. The third-order valence-electron chi connectivity index (χ3n) is 1.30. The van der Waals surface area contributed by atoms with Gasteiger partial charge in [-0.15, -0.1) is 0 Å². The average Bonchev–Trinajstić information content (AvgIpc) is 1.96. The van der Waals surface area contributed by atoms with Gasteiger partial charge in [-0.2, -0.15) is 0 Å². The van der Waals surface area contributed by atoms with Gasteiger partial charge in [0.15, 0.2) is 5.78 Å². The lowest BCUT2D eigenvalue weighted by Gasteiger charge is -2.19. The molecule has 0 bridgehead atoms. The first kappa shape index (κ1) is 13.6. The molecule has 0 aliphatic carbocycles. The zero-order chi connectivity index (χ0) is 11.4. The molecule has 0 spiro atoms. The largest absolute Gasteiger partial charge is 0.460 e. The smallest absolute Gasteiger partial charge is 0.306 e. The number of Topliss-reactive ketones (excluding diaryl/α,β-unsaturated/α-hetero) is 1. The zero-order valence-corrected chi connectivity index (χ0v) is 10.3. The number of nitrogens with two attached hydrogens (primary N) is 1. The number of carbonyl (C=O) groups excluding carboxylic acids is 2. The van der Waals surface area contributed by atoms with Crippen molar-refractivity contribution in [2.24, 2.45) is 5.73 Å². The molecule has 0 heterocycles. The van der Waals surface area contributed by atoms with Crippen molar-refractivity contribution < 1.29 is 14.3 Å². The maximum Gasteiger partial charge on any atom is 0.306 e. The highest BCUT2D eigenvalue weighted by molar-refractivity contribution is 9.09. The monoisotopic (exact) mass is 265 g/mol. The fourth-order valence-corrected chi connectivity index (χ4v) is 0.985. The molecule has 0 aliphatic heterocycles. The lowest BCUT2D eigenvalue weighted by Crippen LogP contribution is -2.27. The van der Waals surface area contributed by atoms with Crippen LogP contribution in [0.2, 0.25) is 0 Å². The van der Waals surface area contributed by atoms with E-state index in [1.807, 2.05) is 0 Å². The minimum atomic E-state index is -0.690. The standard InChI is InChI=1S/C9H16BrNO3/c1-9(2,3)14-7(13)5-4-6(12)8(10)11/h8H,4-5,11H2,1-3H3. The van der Waals surface area contributed by atoms with Gasteiger partial charge in [0.05, 0.1) is 6.42 Å². The van der Waals surface area contributed by atoms with Gasteiger partial charge in [-0.3, -0.25) is 9.59 Å². The number of halogens is 1. The van der Waals surface area contributed by atoms with E-state index in [1.165, 1.54) is 0 Å². The maximum absolute atomic E-state index is 11.2. The van der Waals surface area contributed by atoms with Crippen molar-refractivity contribution >= 4 is 27.7 Å². The van der Waals surface area contributed by atoms with Gasteiger partial charge in [0.25, 0.3) is 0 Å². The van der Waals surface area contributed by atoms with Gasteiger partial charge in [0, 0.05) is 6.42 Å². The fraction of sp³-hybridized carbons (Fsp3) is 0.778. The summed E-state index contributed by atoms with van der Waals surface area (Å²) in [5, 5.41) is 0. The molecule has 0 fully saturated rings. The first-order valence-corrected chi connectivity index (χ1v) is 5.28. The molecule has 0 aromatic rings. The van der Waals surface area contributed by atoms with E-state index in [4.69, 9.17) is 10.5 Å². The summed E-state index contributed by atoms with van der Waals surface area (Å²) in [6.45, 7) is 5.34. The molecule has 0 radical (unpaired) electrons. The molecule has 0 amide bonds. The first-order valence-electron chi connectivity index (χ1n) is 4.36. The van der Waals surface area contributed by atoms with Crippen molar-refractivity contribution in [1.82, 2.24) is 0 Å². The van der Waals surface area contributed by atoms with E-state index in [0.29, 0.717) is 0 Å². The number of alkyl halides is 1. The quantitative estimate of drug-likeness (QED) is 0.474. The number of hydrogen-bond donors (Lipinski definition) is 1. The van der Waals surface area contributed by atoms with Crippen LogP contribution in [0.25, 0.3) is 0 Å². The Labute approximate surface area is 92.3 Å². The summed E-state index contributed by atoms with van der Waals surface area (Å²) in [4.78, 5) is 21.5. The number of rotatable bonds is 4. The van der Waals surface area contributed by atoms with E-state index in [0.717, 1.165) is 0 Å². The summed E-state index contributed by atoms with van der Waals surface area (Å²) >= 11 is 2.93. The lowest BCUT2D eigenvalue weighted by atomic mass is 10.2. The Hall–Kier alpha value is -0.420. The van der Waals surface area contributed by atoms with Crippen molar-refractivity contribution in [2.45, 2.75) is 44.2 Å². The van der Waals surface area contributed by atoms with Gasteiger partial charge in [-0.25, -0.2) is 0 Å². The van der Waals surface area contributed by atoms with Crippen molar-refractivity contribution in [1.29, 1.82) is 0 Å². The van der Waals surface area contributed by atoms with Crippen LogP contribution in [-0.4, -0.2) is 22.3 Å². The van der Waals surface area contributed by atoms with Gasteiger partial charge < -0.3 is 10.5 Å². The van der Waals surface area contributed by atoms with Crippen LogP contribution in [0.1, 0.15) is 33.6 Å². The Morgan fingerprint density at radius 1 is 1.36 bits per heavy atom. The van der Waals surface area contributed by atoms with Gasteiger partial charge >= 0.3 is 5.97 Å². The molecule has 0 saturated heterocycles. The molecule has 2 N–H and O–H groups in total. The number of ether oxygens (including phenoxy) is 1. The number of esters is 1. The molecule has 1 unspecified atom stereocenters. The van der Waals surface area contributed by atoms with Gasteiger partial charge in [-0.1, -0.05) is 15.9 Å². The van der Waals surface area contributed by atoms with Crippen molar-refractivity contribution in [3.63, 3.8) is 0 Å². The van der Waals surface area contributed by atoms with Gasteiger partial charge in [0.2, 0.25) is 0 Å². The highest BCUT2D eigenvalue weighted by atomic mass is 79.9. The second-order valence-electron chi connectivity index (χ2n) is 3.95. The Morgan fingerprint density at radius 2 is 1.86 bits per heavy atom. The van der Waals surface area contributed by atoms with Crippen LogP contribution in [0.15, 0.2) is 0 Å². The molecular formula is C9H16BrNO3. The molecule has 4 nitrogen and oxygen atoms in total. The van der Waals surface area contributed by atoms with E-state index in [9.17, 15) is 9.59 Å². The maximum atomic E-state index is 11.2. The predicted octanol–water partition coefficient (Wildman–Crippen LogP) is 1.36. The molecule has 5 heteroatoms. The molecule has 0 rings (SSSR count). The van der Waals surface area contributed by atoms with Gasteiger partial charge in [0.1, 0.15) is 10.6 Å². The minimum absolute atomic E-state index is 0.0788. The van der Waals surface area contributed by atoms with Crippen LogP contribution >= 0.6 is 15.9 Å². The normalized spacial score (nSPS) is 13.5. The SMILES string of the molecule is CC(C)(C)OC(=O)CCC(=O)C(N)Br. The molecule has 0 aliphatic rings. The number of carbonyl (C=O) groups is 2. The van der Waals surface area contributed by atoms with Crippen LogP contribution < -0.4 is 5.73 Å². The minimum Gasteiger partial charge on any atom is -0.460 e. The van der Waals surface area contributed by atoms with E-state index >= 15 is 0 Å². The zero-order valence-electron chi connectivity index (χ0n) is 8.67. The molecular weight excluding hydrogens is 250 g/mol. The Bertz CT molecular complexity index is 221. The summed E-state index contributed by atoms with van der Waals surface area (Å²) in [5.41, 5.74) is 4.76. The van der Waals surface area contributed by atoms with E-state index in [-0.39, 0.29) is 24.6 Å². The Morgan fingerprint density at radius 3 is 2.21 bits per heavy atom. The van der Waals surface area contributed by atoms with Crippen LogP contribution in [0, 0.1) is 0 Å². The highest BCUT2D eigenvalue weighted by Crippen LogP contribution is 2.10. The topological polar surface area (TPSA) is 69.4 Å². The fourth-order valence-electron chi connectivity index (χ4n) is 0.756. The predicted molar refractivity (Wildman–Crippen MR) is 57.0 cm³/mol. The third-order valence-corrected chi connectivity index (χ3v) is 1.81. The van der Waals surface area contributed by atoms with Crippen LogP contribution in [0.5, 0.6) is 0 Å². The van der Waals surface area contributed by atoms with E-state index in [2.05, 4.69) is 15.9 Å².